The van der Waals surface area contributed by atoms with Crippen molar-refractivity contribution in [2.45, 2.75) is 25.7 Å². The first-order valence-electron chi connectivity index (χ1n) is 8.07. The lowest BCUT2D eigenvalue weighted by atomic mass is 9.94. The number of nitrogens with zero attached hydrogens (tertiary/aromatic N) is 2. The van der Waals surface area contributed by atoms with Crippen molar-refractivity contribution < 1.29 is 18.9 Å². The molecule has 8 heteroatoms. The molecule has 1 spiro atoms. The van der Waals surface area contributed by atoms with Crippen LogP contribution in [0.2, 0.25) is 0 Å². The molecule has 0 radical (unpaired) electrons. The van der Waals surface area contributed by atoms with Crippen LogP contribution >= 0.6 is 7.14 Å². The van der Waals surface area contributed by atoms with Gasteiger partial charge in [-0.25, -0.2) is 9.59 Å². The Hall–Kier alpha value is -1.88. The Kier molecular flexibility index (Phi) is 4.38. The fraction of sp³-hybridized carbons (Fsp3) is 0.562. The van der Waals surface area contributed by atoms with Crippen molar-refractivity contribution in [3.63, 3.8) is 0 Å². The van der Waals surface area contributed by atoms with E-state index in [0.717, 1.165) is 12.8 Å². The predicted molar refractivity (Wildman–Crippen MR) is 91.3 cm³/mol. The van der Waals surface area contributed by atoms with Crippen molar-refractivity contribution in [1.29, 1.82) is 0 Å². The molecule has 7 nitrogen and oxygen atoms in total. The number of nitrogens with one attached hydrogen (secondary N) is 1. The van der Waals surface area contributed by atoms with Gasteiger partial charge >= 0.3 is 12.2 Å². The minimum absolute atomic E-state index is 0.389. The second-order valence-electron chi connectivity index (χ2n) is 7.02. The van der Waals surface area contributed by atoms with Crippen LogP contribution in [-0.2, 0) is 9.30 Å². The molecule has 1 saturated heterocycles. The second kappa shape index (κ2) is 6.20. The van der Waals surface area contributed by atoms with Crippen LogP contribution < -0.4 is 10.8 Å². The molecule has 1 aliphatic carbocycles. The summed E-state index contributed by atoms with van der Waals surface area (Å²) in [6.07, 6.45) is 4.44. The number of carbonyl (C=O) groups is 2. The van der Waals surface area contributed by atoms with Crippen LogP contribution in [0.1, 0.15) is 25.7 Å². The van der Waals surface area contributed by atoms with Crippen molar-refractivity contribution in [1.82, 2.24) is 9.88 Å². The standard InChI is InChI=1S/C16H22N3O4P/c1-24(2,22)13-4-3-12(11-17-13)18-14(20)23-15(21)19-9-7-16(5-6-16)8-10-19/h3-4,11H,5-10H2,1-2H3,(H,18,20). The molecule has 1 aromatic heterocycles. The van der Waals surface area contributed by atoms with Crippen LogP contribution in [0.3, 0.4) is 0 Å². The topological polar surface area (TPSA) is 88.6 Å². The zero-order valence-electron chi connectivity index (χ0n) is 13.9. The molecule has 0 aromatic carbocycles. The SMILES string of the molecule is CP(C)(=O)c1ccc(NC(=O)OC(=O)N2CCC3(CC2)CC3)cn1. The smallest absolute Gasteiger partial charge is 0.359 e. The van der Waals surface area contributed by atoms with E-state index < -0.39 is 19.3 Å². The number of pyridine rings is 1. The lowest BCUT2D eigenvalue weighted by molar-refractivity contribution is 0.106. The zero-order valence-corrected chi connectivity index (χ0v) is 14.8. The van der Waals surface area contributed by atoms with E-state index in [2.05, 4.69) is 10.3 Å². The van der Waals surface area contributed by atoms with Crippen molar-refractivity contribution in [3.05, 3.63) is 18.3 Å². The maximum Gasteiger partial charge on any atom is 0.420 e. The maximum absolute atomic E-state index is 12.0. The Morgan fingerprint density at radius 1 is 1.21 bits per heavy atom. The van der Waals surface area contributed by atoms with Crippen molar-refractivity contribution in [2.24, 2.45) is 5.41 Å². The molecule has 1 saturated carbocycles. The van der Waals surface area contributed by atoms with Gasteiger partial charge in [-0.05, 0) is 56.6 Å². The van der Waals surface area contributed by atoms with Crippen LogP contribution in [0.15, 0.2) is 18.3 Å². The molecule has 3 rings (SSSR count). The molecule has 2 amide bonds. The monoisotopic (exact) mass is 351 g/mol. The molecule has 0 bridgehead atoms. The lowest BCUT2D eigenvalue weighted by Crippen LogP contribution is -2.40. The van der Waals surface area contributed by atoms with Gasteiger partial charge in [-0.1, -0.05) is 0 Å². The Labute approximate surface area is 141 Å². The largest absolute Gasteiger partial charge is 0.420 e. The number of hydrogen-bond donors (Lipinski definition) is 1. The number of rotatable bonds is 2. The van der Waals surface area contributed by atoms with E-state index in [-0.39, 0.29) is 0 Å². The van der Waals surface area contributed by atoms with Gasteiger partial charge in [0.25, 0.3) is 0 Å². The van der Waals surface area contributed by atoms with E-state index in [1.54, 1.807) is 30.4 Å². The van der Waals surface area contributed by atoms with E-state index in [0.29, 0.717) is 29.6 Å². The summed E-state index contributed by atoms with van der Waals surface area (Å²) in [7, 11) is -2.43. The highest BCUT2D eigenvalue weighted by molar-refractivity contribution is 7.69. The molecule has 0 atom stereocenters. The summed E-state index contributed by atoms with van der Waals surface area (Å²) in [5.74, 6) is 0. The summed E-state index contributed by atoms with van der Waals surface area (Å²) < 4.78 is 16.7. The summed E-state index contributed by atoms with van der Waals surface area (Å²) in [4.78, 5) is 29.5. The first-order chi connectivity index (χ1) is 11.3. The number of ether oxygens (including phenoxy) is 1. The van der Waals surface area contributed by atoms with Gasteiger partial charge in [0.05, 0.1) is 17.3 Å². The van der Waals surface area contributed by atoms with Crippen molar-refractivity contribution in [2.75, 3.05) is 31.7 Å². The third-order valence-electron chi connectivity index (χ3n) is 4.77. The van der Waals surface area contributed by atoms with Crippen LogP contribution in [0.25, 0.3) is 0 Å². The summed E-state index contributed by atoms with van der Waals surface area (Å²) in [6, 6.07) is 3.18. The number of aromatic nitrogens is 1. The van der Waals surface area contributed by atoms with Crippen molar-refractivity contribution >= 4 is 30.5 Å². The summed E-state index contributed by atoms with van der Waals surface area (Å²) >= 11 is 0. The highest BCUT2D eigenvalue weighted by Gasteiger charge is 2.45. The first-order valence-corrected chi connectivity index (χ1v) is 10.7. The average Bonchev–Trinajstić information content (AvgIpc) is 3.26. The third kappa shape index (κ3) is 3.96. The quantitative estimate of drug-likeness (QED) is 0.654. The number of likely N-dealkylation sites (tertiary alicyclic amines) is 1. The van der Waals surface area contributed by atoms with Gasteiger partial charge in [-0.15, -0.1) is 0 Å². The summed E-state index contributed by atoms with van der Waals surface area (Å²) in [6.45, 7) is 4.54. The van der Waals surface area contributed by atoms with E-state index >= 15 is 0 Å². The minimum Gasteiger partial charge on any atom is -0.359 e. The van der Waals surface area contributed by atoms with E-state index in [4.69, 9.17) is 4.74 Å². The van der Waals surface area contributed by atoms with Gasteiger partial charge in [0.15, 0.2) is 0 Å². The second-order valence-corrected chi connectivity index (χ2v) is 10.2. The molecule has 2 heterocycles. The van der Waals surface area contributed by atoms with Crippen LogP contribution in [0.4, 0.5) is 15.3 Å². The van der Waals surface area contributed by atoms with Gasteiger partial charge in [0.2, 0.25) is 0 Å². The van der Waals surface area contributed by atoms with Gasteiger partial charge in [0, 0.05) is 13.1 Å². The van der Waals surface area contributed by atoms with Gasteiger partial charge < -0.3 is 14.2 Å². The third-order valence-corrected chi connectivity index (χ3v) is 6.13. The highest BCUT2D eigenvalue weighted by Crippen LogP contribution is 2.53. The summed E-state index contributed by atoms with van der Waals surface area (Å²) in [5, 5.41) is 2.46. The predicted octanol–water partition coefficient (Wildman–Crippen LogP) is 2.87. The molecule has 2 aliphatic rings. The number of carbonyl (C=O) groups excluding carboxylic acids is 2. The molecule has 24 heavy (non-hydrogen) atoms. The van der Waals surface area contributed by atoms with Gasteiger partial charge in [0.1, 0.15) is 7.14 Å². The van der Waals surface area contributed by atoms with Gasteiger partial charge in [-0.2, -0.15) is 0 Å². The molecule has 130 valence electrons. The summed E-state index contributed by atoms with van der Waals surface area (Å²) in [5.41, 5.74) is 1.34. The van der Waals surface area contributed by atoms with Gasteiger partial charge in [-0.3, -0.25) is 10.3 Å². The molecule has 1 aromatic rings. The van der Waals surface area contributed by atoms with Crippen LogP contribution in [0, 0.1) is 5.41 Å². The molecule has 1 aliphatic heterocycles. The average molecular weight is 351 g/mol. The van der Waals surface area contributed by atoms with Crippen LogP contribution in [0.5, 0.6) is 0 Å². The number of hydrogen-bond acceptors (Lipinski definition) is 5. The minimum atomic E-state index is -2.43. The first kappa shape index (κ1) is 17.0. The molecular weight excluding hydrogens is 329 g/mol. The zero-order chi connectivity index (χ0) is 17.4. The Bertz CT molecular complexity index is 684. The molecule has 2 fully saturated rings. The van der Waals surface area contributed by atoms with E-state index in [1.807, 2.05) is 0 Å². The van der Waals surface area contributed by atoms with E-state index in [9.17, 15) is 14.2 Å². The Morgan fingerprint density at radius 2 is 1.88 bits per heavy atom. The molecule has 1 N–H and O–H groups in total. The Balaban J connectivity index is 1.50. The number of amides is 2. The van der Waals surface area contributed by atoms with E-state index in [1.165, 1.54) is 19.0 Å². The maximum atomic E-state index is 12.0. The lowest BCUT2D eigenvalue weighted by Gasteiger charge is -2.30. The van der Waals surface area contributed by atoms with Crippen LogP contribution in [-0.4, -0.2) is 48.5 Å². The highest BCUT2D eigenvalue weighted by atomic mass is 31.2. The fourth-order valence-corrected chi connectivity index (χ4v) is 3.68. The fourth-order valence-electron chi connectivity index (χ4n) is 2.91. The molecule has 0 unspecified atom stereocenters. The Morgan fingerprint density at radius 3 is 2.38 bits per heavy atom. The molecular formula is C16H22N3O4P. The number of anilines is 1. The normalized spacial score (nSPS) is 19.0. The number of piperidine rings is 1. The van der Waals surface area contributed by atoms with Crippen molar-refractivity contribution in [3.8, 4) is 0 Å².